The van der Waals surface area contributed by atoms with Crippen LogP contribution in [-0.2, 0) is 17.9 Å². The van der Waals surface area contributed by atoms with E-state index in [2.05, 4.69) is 16.3 Å². The Kier molecular flexibility index (Phi) is 9.88. The minimum absolute atomic E-state index is 0. The zero-order chi connectivity index (χ0) is 18.9. The van der Waals surface area contributed by atoms with E-state index < -0.39 is 0 Å². The van der Waals surface area contributed by atoms with Gasteiger partial charge in [0.25, 0.3) is 0 Å². The number of methoxy groups -OCH3 is 1. The number of benzene rings is 2. The maximum Gasteiger partial charge on any atom is 0.161 e. The molecule has 0 aromatic heterocycles. The SMILES string of the molecule is COc1cc(CNCCN2CCOCC2)ccc1OCc1ccc(Cl)cc1.[Cl-]. The number of morpholine rings is 1. The topological polar surface area (TPSA) is 43.0 Å². The van der Waals surface area contributed by atoms with Gasteiger partial charge < -0.3 is 31.9 Å². The summed E-state index contributed by atoms with van der Waals surface area (Å²) in [5.74, 6) is 1.49. The summed E-state index contributed by atoms with van der Waals surface area (Å²) in [4.78, 5) is 2.42. The molecule has 1 aliphatic rings. The number of nitrogens with one attached hydrogen (secondary N) is 1. The average molecular weight is 426 g/mol. The van der Waals surface area contributed by atoms with Crippen LogP contribution in [0.2, 0.25) is 5.02 Å². The van der Waals surface area contributed by atoms with Gasteiger partial charge in [-0.3, -0.25) is 4.90 Å². The Labute approximate surface area is 178 Å². The molecule has 3 rings (SSSR count). The minimum Gasteiger partial charge on any atom is -1.00 e. The van der Waals surface area contributed by atoms with Crippen molar-refractivity contribution >= 4 is 11.6 Å². The Bertz CT molecular complexity index is 707. The molecule has 2 aromatic rings. The quantitative estimate of drug-likeness (QED) is 0.587. The van der Waals surface area contributed by atoms with Crippen molar-refractivity contribution in [1.29, 1.82) is 0 Å². The lowest BCUT2D eigenvalue weighted by Gasteiger charge is -2.26. The number of hydrogen-bond acceptors (Lipinski definition) is 5. The first-order chi connectivity index (χ1) is 13.2. The van der Waals surface area contributed by atoms with Crippen LogP contribution in [0.3, 0.4) is 0 Å². The van der Waals surface area contributed by atoms with Gasteiger partial charge in [0.1, 0.15) is 6.61 Å². The zero-order valence-corrected chi connectivity index (χ0v) is 17.6. The predicted octanol–water partition coefficient (Wildman–Crippen LogP) is 0.353. The van der Waals surface area contributed by atoms with Gasteiger partial charge >= 0.3 is 0 Å². The highest BCUT2D eigenvalue weighted by molar-refractivity contribution is 6.30. The van der Waals surface area contributed by atoms with Crippen molar-refractivity contribution in [3.8, 4) is 11.5 Å². The fraction of sp³-hybridized carbons (Fsp3) is 0.429. The van der Waals surface area contributed by atoms with Crippen LogP contribution >= 0.6 is 11.6 Å². The third-order valence-corrected chi connectivity index (χ3v) is 4.83. The van der Waals surface area contributed by atoms with Crippen molar-refractivity contribution in [2.75, 3.05) is 46.5 Å². The van der Waals surface area contributed by atoms with Crippen LogP contribution in [0.15, 0.2) is 42.5 Å². The van der Waals surface area contributed by atoms with E-state index in [9.17, 15) is 0 Å². The summed E-state index contributed by atoms with van der Waals surface area (Å²) in [6.07, 6.45) is 0. The Morgan fingerprint density at radius 1 is 1.04 bits per heavy atom. The molecule has 1 aliphatic heterocycles. The molecular formula is C21H27Cl2N2O3-. The third-order valence-electron chi connectivity index (χ3n) is 4.57. The number of nitrogens with zero attached hydrogens (tertiary/aromatic N) is 1. The van der Waals surface area contributed by atoms with Gasteiger partial charge in [-0.1, -0.05) is 29.8 Å². The summed E-state index contributed by atoms with van der Waals surface area (Å²) < 4.78 is 16.8. The molecule has 1 heterocycles. The molecule has 0 aliphatic carbocycles. The van der Waals surface area contributed by atoms with E-state index in [0.29, 0.717) is 6.61 Å². The number of halogens is 2. The van der Waals surface area contributed by atoms with Crippen molar-refractivity contribution in [2.45, 2.75) is 13.2 Å². The zero-order valence-electron chi connectivity index (χ0n) is 16.1. The average Bonchev–Trinajstić information content (AvgIpc) is 2.72. The van der Waals surface area contributed by atoms with Gasteiger partial charge in [0.15, 0.2) is 11.5 Å². The smallest absolute Gasteiger partial charge is 0.161 e. The normalized spacial score (nSPS) is 14.4. The van der Waals surface area contributed by atoms with E-state index in [0.717, 1.165) is 68.0 Å². The monoisotopic (exact) mass is 425 g/mol. The van der Waals surface area contributed by atoms with E-state index >= 15 is 0 Å². The molecule has 28 heavy (non-hydrogen) atoms. The molecule has 1 fully saturated rings. The maximum atomic E-state index is 5.92. The van der Waals surface area contributed by atoms with Gasteiger partial charge in [0.2, 0.25) is 0 Å². The lowest BCUT2D eigenvalue weighted by Crippen LogP contribution is -3.00. The third kappa shape index (κ3) is 7.15. The van der Waals surface area contributed by atoms with Gasteiger partial charge in [-0.25, -0.2) is 0 Å². The lowest BCUT2D eigenvalue weighted by molar-refractivity contribution is -0.00000758. The van der Waals surface area contributed by atoms with E-state index in [1.54, 1.807) is 7.11 Å². The van der Waals surface area contributed by atoms with Crippen LogP contribution in [0.4, 0.5) is 0 Å². The second kappa shape index (κ2) is 12.1. The molecule has 5 nitrogen and oxygen atoms in total. The van der Waals surface area contributed by atoms with E-state index in [4.69, 9.17) is 25.8 Å². The molecule has 0 saturated carbocycles. The van der Waals surface area contributed by atoms with Crippen LogP contribution in [0.1, 0.15) is 11.1 Å². The van der Waals surface area contributed by atoms with Crippen LogP contribution < -0.4 is 27.2 Å². The maximum absolute atomic E-state index is 5.92. The second-order valence-electron chi connectivity index (χ2n) is 6.53. The molecule has 0 unspecified atom stereocenters. The van der Waals surface area contributed by atoms with E-state index in [-0.39, 0.29) is 12.4 Å². The van der Waals surface area contributed by atoms with Gasteiger partial charge in [0.05, 0.1) is 20.3 Å². The molecular weight excluding hydrogens is 399 g/mol. The Morgan fingerprint density at radius 3 is 2.46 bits per heavy atom. The predicted molar refractivity (Wildman–Crippen MR) is 108 cm³/mol. The molecule has 1 N–H and O–H groups in total. The van der Waals surface area contributed by atoms with Crippen LogP contribution in [0.25, 0.3) is 0 Å². The molecule has 154 valence electrons. The van der Waals surface area contributed by atoms with Crippen molar-refractivity contribution in [1.82, 2.24) is 10.2 Å². The van der Waals surface area contributed by atoms with Crippen molar-refractivity contribution < 1.29 is 26.6 Å². The lowest BCUT2D eigenvalue weighted by atomic mass is 10.2. The summed E-state index contributed by atoms with van der Waals surface area (Å²) in [5, 5.41) is 4.22. The first kappa shape index (κ1) is 22.8. The van der Waals surface area contributed by atoms with Crippen molar-refractivity contribution in [3.63, 3.8) is 0 Å². The van der Waals surface area contributed by atoms with E-state index in [1.807, 2.05) is 36.4 Å². The highest BCUT2D eigenvalue weighted by Crippen LogP contribution is 2.29. The highest BCUT2D eigenvalue weighted by Gasteiger charge is 2.10. The number of rotatable bonds is 9. The highest BCUT2D eigenvalue weighted by atomic mass is 35.5. The fourth-order valence-electron chi connectivity index (χ4n) is 2.98. The molecule has 0 spiro atoms. The Balaban J connectivity index is 0.00000280. The molecule has 0 amide bonds. The summed E-state index contributed by atoms with van der Waals surface area (Å²) >= 11 is 5.92. The van der Waals surface area contributed by atoms with Crippen LogP contribution in [0.5, 0.6) is 11.5 Å². The minimum atomic E-state index is 0. The first-order valence-corrected chi connectivity index (χ1v) is 9.67. The van der Waals surface area contributed by atoms with Crippen LogP contribution in [-0.4, -0.2) is 51.4 Å². The second-order valence-corrected chi connectivity index (χ2v) is 6.97. The van der Waals surface area contributed by atoms with Gasteiger partial charge in [-0.2, -0.15) is 0 Å². The van der Waals surface area contributed by atoms with Gasteiger partial charge in [0, 0.05) is 37.7 Å². The Morgan fingerprint density at radius 2 is 1.75 bits per heavy atom. The molecule has 0 radical (unpaired) electrons. The van der Waals surface area contributed by atoms with Gasteiger partial charge in [-0.15, -0.1) is 0 Å². The summed E-state index contributed by atoms with van der Waals surface area (Å²) in [5.41, 5.74) is 2.24. The molecule has 1 saturated heterocycles. The largest absolute Gasteiger partial charge is 1.00 e. The first-order valence-electron chi connectivity index (χ1n) is 9.29. The summed E-state index contributed by atoms with van der Waals surface area (Å²) in [6.45, 7) is 7.01. The summed E-state index contributed by atoms with van der Waals surface area (Å²) in [6, 6.07) is 13.7. The standard InChI is InChI=1S/C21H27ClN2O3.ClH/c1-25-21-14-18(15-23-8-9-24-10-12-26-13-11-24)4-7-20(21)27-16-17-2-5-19(22)6-3-17;/h2-7,14,23H,8-13,15-16H2,1H3;1H/p-1. The number of hydrogen-bond donors (Lipinski definition) is 1. The summed E-state index contributed by atoms with van der Waals surface area (Å²) in [7, 11) is 1.67. The molecule has 7 heteroatoms. The van der Waals surface area contributed by atoms with Gasteiger partial charge in [-0.05, 0) is 35.4 Å². The van der Waals surface area contributed by atoms with Crippen molar-refractivity contribution in [3.05, 3.63) is 58.6 Å². The van der Waals surface area contributed by atoms with Crippen LogP contribution in [0, 0.1) is 0 Å². The molecule has 0 bridgehead atoms. The molecule has 2 aromatic carbocycles. The number of ether oxygens (including phenoxy) is 3. The molecule has 0 atom stereocenters. The van der Waals surface area contributed by atoms with E-state index in [1.165, 1.54) is 5.56 Å². The fourth-order valence-corrected chi connectivity index (χ4v) is 3.10. The Hall–Kier alpha value is -1.50. The van der Waals surface area contributed by atoms with Crippen molar-refractivity contribution in [2.24, 2.45) is 0 Å².